The summed E-state index contributed by atoms with van der Waals surface area (Å²) in [5.74, 6) is 2.98. The molecule has 4 aliphatic carbocycles. The van der Waals surface area contributed by atoms with Crippen molar-refractivity contribution in [3.8, 4) is 17.2 Å². The summed E-state index contributed by atoms with van der Waals surface area (Å²) in [6.07, 6.45) is 6.13. The van der Waals surface area contributed by atoms with Crippen molar-refractivity contribution in [3.63, 3.8) is 0 Å². The maximum atomic E-state index is 13.3. The number of rotatable bonds is 5. The van der Waals surface area contributed by atoms with E-state index in [1.807, 2.05) is 24.3 Å². The summed E-state index contributed by atoms with van der Waals surface area (Å²) in [6, 6.07) is 7.27. The van der Waals surface area contributed by atoms with E-state index < -0.39 is 14.6 Å². The molecule has 27 heavy (non-hydrogen) atoms. The number of sulfone groups is 1. The molecule has 4 aliphatic rings. The van der Waals surface area contributed by atoms with Crippen LogP contribution < -0.4 is 4.74 Å². The predicted octanol–water partition coefficient (Wildman–Crippen LogP) is 3.63. The van der Waals surface area contributed by atoms with Gasteiger partial charge >= 0.3 is 0 Å². The van der Waals surface area contributed by atoms with Crippen LogP contribution in [0.1, 0.15) is 44.3 Å². The summed E-state index contributed by atoms with van der Waals surface area (Å²) < 4.78 is 36.6. The molecule has 2 aromatic rings. The van der Waals surface area contributed by atoms with E-state index in [0.29, 0.717) is 23.6 Å². The van der Waals surface area contributed by atoms with E-state index in [2.05, 4.69) is 10.1 Å². The van der Waals surface area contributed by atoms with E-state index in [0.717, 1.165) is 30.6 Å². The second kappa shape index (κ2) is 6.06. The van der Waals surface area contributed by atoms with Crippen LogP contribution in [-0.2, 0) is 15.6 Å². The molecule has 4 saturated carbocycles. The van der Waals surface area contributed by atoms with Crippen LogP contribution in [-0.4, -0.2) is 30.4 Å². The van der Waals surface area contributed by atoms with Gasteiger partial charge in [0.15, 0.2) is 15.7 Å². The van der Waals surface area contributed by atoms with Crippen LogP contribution in [0, 0.1) is 17.8 Å². The average molecular weight is 388 g/mol. The third-order valence-electron chi connectivity index (χ3n) is 6.77. The highest BCUT2D eigenvalue weighted by Crippen LogP contribution is 2.59. The van der Waals surface area contributed by atoms with Crippen molar-refractivity contribution in [2.45, 2.75) is 49.0 Å². The van der Waals surface area contributed by atoms with Gasteiger partial charge in [-0.15, -0.1) is 0 Å². The Hall–Kier alpha value is -1.89. The zero-order valence-corrected chi connectivity index (χ0v) is 16.2. The molecule has 1 aromatic carbocycles. The van der Waals surface area contributed by atoms with Gasteiger partial charge in [0.25, 0.3) is 5.89 Å². The van der Waals surface area contributed by atoms with Crippen LogP contribution in [0.15, 0.2) is 28.8 Å². The molecule has 1 heterocycles. The summed E-state index contributed by atoms with van der Waals surface area (Å²) in [7, 11) is -1.71. The van der Waals surface area contributed by atoms with Crippen molar-refractivity contribution in [2.24, 2.45) is 17.8 Å². The van der Waals surface area contributed by atoms with Crippen LogP contribution in [0.2, 0.25) is 0 Å². The summed E-state index contributed by atoms with van der Waals surface area (Å²) in [6.45, 7) is 0. The van der Waals surface area contributed by atoms with Gasteiger partial charge in [-0.25, -0.2) is 8.42 Å². The Balaban J connectivity index is 1.38. The van der Waals surface area contributed by atoms with Gasteiger partial charge in [0.2, 0.25) is 0 Å². The molecule has 0 unspecified atom stereocenters. The first kappa shape index (κ1) is 17.2. The molecule has 4 fully saturated rings. The van der Waals surface area contributed by atoms with Gasteiger partial charge in [-0.3, -0.25) is 0 Å². The highest BCUT2D eigenvalue weighted by molar-refractivity contribution is 7.92. The van der Waals surface area contributed by atoms with Gasteiger partial charge in [0, 0.05) is 5.56 Å². The van der Waals surface area contributed by atoms with Gasteiger partial charge in [0.05, 0.1) is 11.9 Å². The van der Waals surface area contributed by atoms with Crippen LogP contribution in [0.4, 0.5) is 0 Å². The molecule has 144 valence electrons. The highest BCUT2D eigenvalue weighted by Gasteiger charge is 2.57. The molecular weight excluding hydrogens is 364 g/mol. The SMILES string of the molecule is COc1ccc(-c2nc(CS(=O)(=O)C34CC5CC(CC(C5)C3)C4)no2)cc1. The Labute approximate surface area is 159 Å². The Morgan fingerprint density at radius 3 is 2.22 bits per heavy atom. The molecule has 0 atom stereocenters. The summed E-state index contributed by atoms with van der Waals surface area (Å²) in [4.78, 5) is 4.35. The van der Waals surface area contributed by atoms with Crippen molar-refractivity contribution in [2.75, 3.05) is 7.11 Å². The molecule has 6 rings (SSSR count). The lowest BCUT2D eigenvalue weighted by atomic mass is 9.56. The van der Waals surface area contributed by atoms with Crippen LogP contribution in [0.25, 0.3) is 11.5 Å². The smallest absolute Gasteiger partial charge is 0.257 e. The normalized spacial score (nSPS) is 32.0. The lowest BCUT2D eigenvalue weighted by molar-refractivity contribution is 0.0338. The van der Waals surface area contributed by atoms with E-state index >= 15 is 0 Å². The zero-order valence-electron chi connectivity index (χ0n) is 15.4. The lowest BCUT2D eigenvalue weighted by Crippen LogP contribution is -2.55. The van der Waals surface area contributed by atoms with Crippen LogP contribution in [0.5, 0.6) is 5.75 Å². The molecule has 0 aliphatic heterocycles. The summed E-state index contributed by atoms with van der Waals surface area (Å²) >= 11 is 0. The average Bonchev–Trinajstić information content (AvgIpc) is 3.08. The number of hydrogen-bond acceptors (Lipinski definition) is 6. The van der Waals surface area contributed by atoms with E-state index in [-0.39, 0.29) is 11.6 Å². The van der Waals surface area contributed by atoms with E-state index in [1.165, 1.54) is 19.3 Å². The largest absolute Gasteiger partial charge is 0.497 e. The topological polar surface area (TPSA) is 82.3 Å². The number of methoxy groups -OCH3 is 1. The summed E-state index contributed by atoms with van der Waals surface area (Å²) in [5.41, 5.74) is 0.752. The van der Waals surface area contributed by atoms with E-state index in [1.54, 1.807) is 7.11 Å². The second-order valence-corrected chi connectivity index (χ2v) is 11.0. The molecule has 0 radical (unpaired) electrons. The van der Waals surface area contributed by atoms with Crippen LogP contribution >= 0.6 is 0 Å². The van der Waals surface area contributed by atoms with E-state index in [9.17, 15) is 8.42 Å². The molecule has 0 N–H and O–H groups in total. The monoisotopic (exact) mass is 388 g/mol. The van der Waals surface area contributed by atoms with Gasteiger partial charge in [-0.1, -0.05) is 5.16 Å². The Morgan fingerprint density at radius 2 is 1.67 bits per heavy atom. The molecule has 1 aromatic heterocycles. The van der Waals surface area contributed by atoms with Crippen LogP contribution in [0.3, 0.4) is 0 Å². The summed E-state index contributed by atoms with van der Waals surface area (Å²) in [5, 5.41) is 3.95. The number of aromatic nitrogens is 2. The fourth-order valence-corrected chi connectivity index (χ4v) is 8.13. The lowest BCUT2D eigenvalue weighted by Gasteiger charge is -2.55. The van der Waals surface area contributed by atoms with Gasteiger partial charge < -0.3 is 9.26 Å². The first-order valence-corrected chi connectivity index (χ1v) is 11.3. The first-order valence-electron chi connectivity index (χ1n) is 9.66. The van der Waals surface area contributed by atoms with Crippen molar-refractivity contribution in [3.05, 3.63) is 30.1 Å². The number of nitrogens with zero attached hydrogens (tertiary/aromatic N) is 2. The second-order valence-electron chi connectivity index (χ2n) is 8.60. The Kier molecular flexibility index (Phi) is 3.86. The molecular formula is C20H24N2O4S. The maximum Gasteiger partial charge on any atom is 0.257 e. The molecule has 4 bridgehead atoms. The quantitative estimate of drug-likeness (QED) is 0.778. The molecule has 7 heteroatoms. The number of ether oxygens (including phenoxy) is 1. The van der Waals surface area contributed by atoms with Crippen molar-refractivity contribution >= 4 is 9.84 Å². The highest BCUT2D eigenvalue weighted by atomic mass is 32.2. The maximum absolute atomic E-state index is 13.3. The number of hydrogen-bond donors (Lipinski definition) is 0. The first-order chi connectivity index (χ1) is 13.0. The van der Waals surface area contributed by atoms with Gasteiger partial charge in [0.1, 0.15) is 11.5 Å². The van der Waals surface area contributed by atoms with Gasteiger partial charge in [-0.05, 0) is 80.5 Å². The van der Waals surface area contributed by atoms with Crippen molar-refractivity contribution in [1.29, 1.82) is 0 Å². The predicted molar refractivity (Wildman–Crippen MR) is 99.8 cm³/mol. The third-order valence-corrected chi connectivity index (χ3v) is 9.22. The standard InChI is InChI=1S/C20H24N2O4S/c1-25-17-4-2-16(3-5-17)19-21-18(22-26-19)12-27(23,24)20-9-13-6-14(10-20)8-15(7-13)11-20/h2-5,13-15H,6-12H2,1H3. The fraction of sp³-hybridized carbons (Fsp3) is 0.600. The molecule has 0 spiro atoms. The minimum Gasteiger partial charge on any atom is -0.497 e. The van der Waals surface area contributed by atoms with Gasteiger partial charge in [-0.2, -0.15) is 4.98 Å². The van der Waals surface area contributed by atoms with Crippen molar-refractivity contribution < 1.29 is 17.7 Å². The Morgan fingerprint density at radius 1 is 1.07 bits per heavy atom. The fourth-order valence-electron chi connectivity index (χ4n) is 5.90. The molecule has 0 saturated heterocycles. The molecule has 6 nitrogen and oxygen atoms in total. The minimum absolute atomic E-state index is 0.126. The Bertz CT molecular complexity index is 913. The molecule has 0 amide bonds. The van der Waals surface area contributed by atoms with Crippen molar-refractivity contribution in [1.82, 2.24) is 10.1 Å². The third kappa shape index (κ3) is 2.87. The number of benzene rings is 1. The minimum atomic E-state index is -3.32. The van der Waals surface area contributed by atoms with E-state index in [4.69, 9.17) is 9.26 Å². The zero-order chi connectivity index (χ0) is 18.6.